The van der Waals surface area contributed by atoms with Crippen LogP contribution in [0.3, 0.4) is 0 Å². The first-order chi connectivity index (χ1) is 9.90. The molecule has 0 unspecified atom stereocenters. The first-order valence-corrected chi connectivity index (χ1v) is 6.59. The fourth-order valence-electron chi connectivity index (χ4n) is 1.79. The van der Waals surface area contributed by atoms with Gasteiger partial charge in [-0.05, 0) is 19.1 Å². The van der Waals surface area contributed by atoms with Crippen LogP contribution in [0.5, 0.6) is 0 Å². The maximum Gasteiger partial charge on any atom is 0.276 e. The van der Waals surface area contributed by atoms with Crippen molar-refractivity contribution >= 4 is 17.3 Å². The van der Waals surface area contributed by atoms with Crippen molar-refractivity contribution in [2.75, 3.05) is 11.1 Å². The molecule has 1 aromatic carbocycles. The number of anilines is 2. The molecule has 0 saturated heterocycles. The average molecular weight is 288 g/mol. The molecule has 0 atom stereocenters. The highest BCUT2D eigenvalue weighted by molar-refractivity contribution is 6.06. The van der Waals surface area contributed by atoms with Gasteiger partial charge in [-0.15, -0.1) is 0 Å². The van der Waals surface area contributed by atoms with E-state index in [0.717, 1.165) is 0 Å². The summed E-state index contributed by atoms with van der Waals surface area (Å²) < 4.78 is 13.5. The SMILES string of the molecule is Cc1c(F)cccc1NC(=O)c1nc(C(C)C)ncc1N. The summed E-state index contributed by atoms with van der Waals surface area (Å²) in [5.74, 6) is -0.254. The lowest BCUT2D eigenvalue weighted by molar-refractivity contribution is 0.102. The van der Waals surface area contributed by atoms with Crippen molar-refractivity contribution < 1.29 is 9.18 Å². The fraction of sp³-hybridized carbons (Fsp3) is 0.267. The highest BCUT2D eigenvalue weighted by Gasteiger charge is 2.16. The third kappa shape index (κ3) is 3.16. The van der Waals surface area contributed by atoms with Crippen LogP contribution in [0.1, 0.15) is 41.6 Å². The molecule has 0 radical (unpaired) electrons. The van der Waals surface area contributed by atoms with Gasteiger partial charge in [0.1, 0.15) is 11.6 Å². The Morgan fingerprint density at radius 1 is 1.38 bits per heavy atom. The number of hydrogen-bond acceptors (Lipinski definition) is 4. The van der Waals surface area contributed by atoms with E-state index in [2.05, 4.69) is 15.3 Å². The third-order valence-electron chi connectivity index (χ3n) is 3.08. The van der Waals surface area contributed by atoms with Crippen LogP contribution in [0.4, 0.5) is 15.8 Å². The van der Waals surface area contributed by atoms with Crippen molar-refractivity contribution in [1.29, 1.82) is 0 Å². The van der Waals surface area contributed by atoms with Crippen molar-refractivity contribution in [2.24, 2.45) is 0 Å². The molecule has 6 heteroatoms. The quantitative estimate of drug-likeness (QED) is 0.910. The van der Waals surface area contributed by atoms with Crippen LogP contribution >= 0.6 is 0 Å². The predicted molar refractivity (Wildman–Crippen MR) is 79.6 cm³/mol. The van der Waals surface area contributed by atoms with E-state index in [0.29, 0.717) is 17.1 Å². The normalized spacial score (nSPS) is 10.7. The Balaban J connectivity index is 2.32. The molecule has 3 N–H and O–H groups in total. The summed E-state index contributed by atoms with van der Waals surface area (Å²) in [5, 5.41) is 2.63. The van der Waals surface area contributed by atoms with E-state index in [9.17, 15) is 9.18 Å². The first-order valence-electron chi connectivity index (χ1n) is 6.59. The van der Waals surface area contributed by atoms with Crippen LogP contribution in [-0.4, -0.2) is 15.9 Å². The monoisotopic (exact) mass is 288 g/mol. The lowest BCUT2D eigenvalue weighted by Gasteiger charge is -2.11. The van der Waals surface area contributed by atoms with Crippen LogP contribution in [0.15, 0.2) is 24.4 Å². The maximum absolute atomic E-state index is 13.5. The number of nitrogens with one attached hydrogen (secondary N) is 1. The minimum Gasteiger partial charge on any atom is -0.396 e. The van der Waals surface area contributed by atoms with Crippen molar-refractivity contribution in [3.63, 3.8) is 0 Å². The van der Waals surface area contributed by atoms with E-state index in [1.807, 2.05) is 13.8 Å². The number of carbonyl (C=O) groups excluding carboxylic acids is 1. The van der Waals surface area contributed by atoms with Crippen molar-refractivity contribution in [2.45, 2.75) is 26.7 Å². The average Bonchev–Trinajstić information content (AvgIpc) is 2.44. The van der Waals surface area contributed by atoms with Crippen molar-refractivity contribution in [3.8, 4) is 0 Å². The summed E-state index contributed by atoms with van der Waals surface area (Å²) in [6, 6.07) is 4.48. The van der Waals surface area contributed by atoms with E-state index in [1.165, 1.54) is 18.3 Å². The number of aromatic nitrogens is 2. The Labute approximate surface area is 122 Å². The molecular formula is C15H17FN4O. The zero-order valence-electron chi connectivity index (χ0n) is 12.1. The van der Waals surface area contributed by atoms with Gasteiger partial charge in [0.2, 0.25) is 0 Å². The molecule has 0 bridgehead atoms. The topological polar surface area (TPSA) is 80.9 Å². The van der Waals surface area contributed by atoms with Gasteiger partial charge in [0.05, 0.1) is 11.9 Å². The van der Waals surface area contributed by atoms with Crippen LogP contribution in [-0.2, 0) is 0 Å². The molecule has 0 spiro atoms. The molecule has 0 aliphatic rings. The molecule has 1 heterocycles. The summed E-state index contributed by atoms with van der Waals surface area (Å²) in [7, 11) is 0. The summed E-state index contributed by atoms with van der Waals surface area (Å²) in [6.45, 7) is 5.43. The Bertz CT molecular complexity index is 685. The van der Waals surface area contributed by atoms with Gasteiger partial charge in [0.15, 0.2) is 5.69 Å². The largest absolute Gasteiger partial charge is 0.396 e. The molecule has 2 rings (SSSR count). The number of amides is 1. The summed E-state index contributed by atoms with van der Waals surface area (Å²) in [5.41, 5.74) is 6.79. The standard InChI is InChI=1S/C15H17FN4O/c1-8(2)14-18-7-11(17)13(20-14)15(21)19-12-6-4-5-10(16)9(12)3/h4-8H,17H2,1-3H3,(H,19,21). The van der Waals surface area contributed by atoms with Crippen molar-refractivity contribution in [3.05, 3.63) is 47.3 Å². The van der Waals surface area contributed by atoms with Crippen LogP contribution in [0.2, 0.25) is 0 Å². The summed E-state index contributed by atoms with van der Waals surface area (Å²) in [4.78, 5) is 20.5. The second-order valence-electron chi connectivity index (χ2n) is 5.05. The minimum absolute atomic E-state index is 0.0769. The molecule has 110 valence electrons. The van der Waals surface area contributed by atoms with Gasteiger partial charge in [0.25, 0.3) is 5.91 Å². The van der Waals surface area contributed by atoms with Gasteiger partial charge in [-0.1, -0.05) is 19.9 Å². The Hall–Kier alpha value is -2.50. The van der Waals surface area contributed by atoms with Gasteiger partial charge in [-0.2, -0.15) is 0 Å². The molecule has 0 aliphatic carbocycles. The van der Waals surface area contributed by atoms with Gasteiger partial charge in [-0.25, -0.2) is 14.4 Å². The molecule has 1 aromatic heterocycles. The van der Waals surface area contributed by atoms with E-state index in [4.69, 9.17) is 5.73 Å². The molecule has 0 saturated carbocycles. The van der Waals surface area contributed by atoms with Gasteiger partial charge < -0.3 is 11.1 Å². The number of nitrogens with zero attached hydrogens (tertiary/aromatic N) is 2. The number of halogens is 1. The smallest absolute Gasteiger partial charge is 0.276 e. The fourth-order valence-corrected chi connectivity index (χ4v) is 1.79. The van der Waals surface area contributed by atoms with Crippen LogP contribution in [0, 0.1) is 12.7 Å². The number of nitrogen functional groups attached to an aromatic ring is 1. The molecule has 1 amide bonds. The summed E-state index contributed by atoms with van der Waals surface area (Å²) >= 11 is 0. The number of nitrogens with two attached hydrogens (primary N) is 1. The second kappa shape index (κ2) is 5.87. The lowest BCUT2D eigenvalue weighted by Crippen LogP contribution is -2.18. The second-order valence-corrected chi connectivity index (χ2v) is 5.05. The van der Waals surface area contributed by atoms with Crippen LogP contribution in [0.25, 0.3) is 0 Å². The number of hydrogen-bond donors (Lipinski definition) is 2. The molecule has 21 heavy (non-hydrogen) atoms. The molecular weight excluding hydrogens is 271 g/mol. The summed E-state index contributed by atoms with van der Waals surface area (Å²) in [6.07, 6.45) is 1.41. The van der Waals surface area contributed by atoms with Crippen molar-refractivity contribution in [1.82, 2.24) is 9.97 Å². The van der Waals surface area contributed by atoms with Crippen LogP contribution < -0.4 is 11.1 Å². The predicted octanol–water partition coefficient (Wildman–Crippen LogP) is 2.88. The van der Waals surface area contributed by atoms with Gasteiger partial charge in [-0.3, -0.25) is 4.79 Å². The van der Waals surface area contributed by atoms with E-state index >= 15 is 0 Å². The van der Waals surface area contributed by atoms with Gasteiger partial charge in [0, 0.05) is 17.2 Å². The maximum atomic E-state index is 13.5. The van der Waals surface area contributed by atoms with E-state index in [-0.39, 0.29) is 23.1 Å². The highest BCUT2D eigenvalue weighted by atomic mass is 19.1. The first kappa shape index (κ1) is 14.9. The Morgan fingerprint density at radius 3 is 2.76 bits per heavy atom. The molecule has 0 aliphatic heterocycles. The molecule has 2 aromatic rings. The zero-order chi connectivity index (χ0) is 15.6. The Kier molecular flexibility index (Phi) is 4.16. The number of carbonyl (C=O) groups is 1. The number of rotatable bonds is 3. The minimum atomic E-state index is -0.481. The number of benzene rings is 1. The Morgan fingerprint density at radius 2 is 2.10 bits per heavy atom. The molecule has 0 fully saturated rings. The van der Waals surface area contributed by atoms with E-state index in [1.54, 1.807) is 13.0 Å². The van der Waals surface area contributed by atoms with E-state index < -0.39 is 5.91 Å². The third-order valence-corrected chi connectivity index (χ3v) is 3.08. The molecule has 5 nitrogen and oxygen atoms in total. The lowest BCUT2D eigenvalue weighted by atomic mass is 10.1. The zero-order valence-corrected chi connectivity index (χ0v) is 12.1. The van der Waals surface area contributed by atoms with Gasteiger partial charge >= 0.3 is 0 Å². The highest BCUT2D eigenvalue weighted by Crippen LogP contribution is 2.20.